The van der Waals surface area contributed by atoms with Gasteiger partial charge in [0.25, 0.3) is 0 Å². The molecule has 32 heavy (non-hydrogen) atoms. The Labute approximate surface area is 184 Å². The van der Waals surface area contributed by atoms with Gasteiger partial charge in [0.2, 0.25) is 5.89 Å². The van der Waals surface area contributed by atoms with Gasteiger partial charge in [0, 0.05) is 18.9 Å². The van der Waals surface area contributed by atoms with Gasteiger partial charge in [-0.1, -0.05) is 19.1 Å². The zero-order valence-electron chi connectivity index (χ0n) is 18.5. The Morgan fingerprint density at radius 1 is 1.28 bits per heavy atom. The number of carboxylic acid groups (broad SMARTS) is 1. The highest BCUT2D eigenvalue weighted by molar-refractivity contribution is 5.71. The summed E-state index contributed by atoms with van der Waals surface area (Å²) in [6.07, 6.45) is 1.57. The Morgan fingerprint density at radius 3 is 2.72 bits per heavy atom. The summed E-state index contributed by atoms with van der Waals surface area (Å²) in [5.41, 5.74) is 2.61. The molecule has 3 aromatic heterocycles. The van der Waals surface area contributed by atoms with Crippen LogP contribution in [0, 0.1) is 18.8 Å². The highest BCUT2D eigenvalue weighted by atomic mass is 16.6. The Bertz CT molecular complexity index is 1110. The monoisotopic (exact) mass is 442 g/mol. The lowest BCUT2D eigenvalue weighted by atomic mass is 9.74. The number of aromatic nitrogens is 6. The van der Waals surface area contributed by atoms with E-state index in [2.05, 4.69) is 25.4 Å². The molecule has 4 rings (SSSR count). The summed E-state index contributed by atoms with van der Waals surface area (Å²) >= 11 is 0. The maximum atomic E-state index is 11.2. The van der Waals surface area contributed by atoms with E-state index in [-0.39, 0.29) is 30.4 Å². The summed E-state index contributed by atoms with van der Waals surface area (Å²) in [4.78, 5) is 20.0. The van der Waals surface area contributed by atoms with Crippen molar-refractivity contribution in [1.82, 2.24) is 30.1 Å². The number of pyridine rings is 1. The third kappa shape index (κ3) is 4.41. The van der Waals surface area contributed by atoms with Crippen LogP contribution >= 0.6 is 0 Å². The van der Waals surface area contributed by atoms with Crippen molar-refractivity contribution in [2.75, 3.05) is 6.61 Å². The summed E-state index contributed by atoms with van der Waals surface area (Å²) in [6.45, 7) is 6.27. The molecule has 0 saturated heterocycles. The normalized spacial score (nSPS) is 17.9. The molecule has 11 nitrogen and oxygen atoms in total. The zero-order chi connectivity index (χ0) is 22.8. The zero-order valence-corrected chi connectivity index (χ0v) is 18.5. The third-order valence-electron chi connectivity index (χ3n) is 5.67. The summed E-state index contributed by atoms with van der Waals surface area (Å²) < 4.78 is 18.3. The summed E-state index contributed by atoms with van der Waals surface area (Å²) in [5, 5.41) is 21.3. The van der Waals surface area contributed by atoms with Gasteiger partial charge in [0.05, 0.1) is 23.9 Å². The number of rotatable bonds is 9. The van der Waals surface area contributed by atoms with Crippen molar-refractivity contribution < 1.29 is 23.9 Å². The molecule has 1 N–H and O–H groups in total. The highest BCUT2D eigenvalue weighted by Gasteiger charge is 2.37. The molecule has 0 radical (unpaired) electrons. The van der Waals surface area contributed by atoms with Gasteiger partial charge in [-0.05, 0) is 37.1 Å². The molecule has 0 aromatic carbocycles. The van der Waals surface area contributed by atoms with E-state index < -0.39 is 5.97 Å². The van der Waals surface area contributed by atoms with E-state index in [1.807, 2.05) is 26.8 Å². The van der Waals surface area contributed by atoms with E-state index in [1.54, 1.807) is 17.8 Å². The van der Waals surface area contributed by atoms with Gasteiger partial charge in [0.15, 0.2) is 0 Å². The van der Waals surface area contributed by atoms with Crippen LogP contribution < -0.4 is 9.47 Å². The Morgan fingerprint density at radius 2 is 2.09 bits per heavy atom. The smallest absolute Gasteiger partial charge is 0.354 e. The number of aryl methyl sites for hydroxylation is 2. The van der Waals surface area contributed by atoms with Gasteiger partial charge in [-0.25, -0.2) is 9.67 Å². The third-order valence-corrected chi connectivity index (χ3v) is 5.67. The Kier molecular flexibility index (Phi) is 6.06. The Balaban J connectivity index is 1.44. The topological polar surface area (TPSA) is 138 Å². The van der Waals surface area contributed by atoms with Crippen LogP contribution in [-0.2, 0) is 18.4 Å². The van der Waals surface area contributed by atoms with Gasteiger partial charge < -0.3 is 19.1 Å². The lowest BCUT2D eigenvalue weighted by molar-refractivity contribution is -0.148. The molecular weight excluding hydrogens is 416 g/mol. The minimum absolute atomic E-state index is 0.0386. The van der Waals surface area contributed by atoms with Crippen LogP contribution in [0.15, 0.2) is 16.7 Å². The lowest BCUT2D eigenvalue weighted by Crippen LogP contribution is -2.36. The predicted molar refractivity (Wildman–Crippen MR) is 111 cm³/mol. The molecule has 0 amide bonds. The van der Waals surface area contributed by atoms with Crippen LogP contribution in [0.2, 0.25) is 0 Å². The first-order valence-corrected chi connectivity index (χ1v) is 10.5. The number of ether oxygens (including phenoxy) is 2. The van der Waals surface area contributed by atoms with Crippen LogP contribution in [0.1, 0.15) is 49.9 Å². The van der Waals surface area contributed by atoms with Gasteiger partial charge in [-0.2, -0.15) is 4.98 Å². The molecule has 1 fully saturated rings. The minimum atomic E-state index is -0.756. The fourth-order valence-electron chi connectivity index (χ4n) is 3.51. The summed E-state index contributed by atoms with van der Waals surface area (Å²) in [6, 6.07) is 3.78. The van der Waals surface area contributed by atoms with E-state index in [9.17, 15) is 9.90 Å². The molecular formula is C21H26N6O5. The van der Waals surface area contributed by atoms with Crippen molar-refractivity contribution in [3.05, 3.63) is 29.4 Å². The van der Waals surface area contributed by atoms with Crippen LogP contribution in [0.5, 0.6) is 11.8 Å². The van der Waals surface area contributed by atoms with Gasteiger partial charge in [0.1, 0.15) is 23.7 Å². The standard InChI is InChI=1S/C21H26N6O5/c1-11(2)19-23-21(25-32-19)31-10-16-18(24-26-27(16)4)15-7-8-17(12(3)22-15)30-9-13-5-6-14(13)20(28)29/h7-8,11,13-14H,5-6,9-10H2,1-4H3,(H,28,29)/t13?,14-/m1/s1. The second-order valence-corrected chi connectivity index (χ2v) is 8.24. The minimum Gasteiger partial charge on any atom is -0.491 e. The van der Waals surface area contributed by atoms with Crippen LogP contribution in [0.3, 0.4) is 0 Å². The predicted octanol–water partition coefficient (Wildman–Crippen LogP) is 2.76. The molecule has 1 unspecified atom stereocenters. The number of hydrogen-bond donors (Lipinski definition) is 1. The molecule has 1 aliphatic rings. The molecule has 170 valence electrons. The average molecular weight is 442 g/mol. The number of aliphatic carboxylic acids is 1. The quantitative estimate of drug-likeness (QED) is 0.526. The first kappa shape index (κ1) is 21.7. The van der Waals surface area contributed by atoms with Crippen molar-refractivity contribution in [1.29, 1.82) is 0 Å². The second kappa shape index (κ2) is 8.93. The van der Waals surface area contributed by atoms with Crippen LogP contribution in [0.4, 0.5) is 0 Å². The highest BCUT2D eigenvalue weighted by Crippen LogP contribution is 2.35. The van der Waals surface area contributed by atoms with E-state index in [4.69, 9.17) is 14.0 Å². The van der Waals surface area contributed by atoms with Crippen LogP contribution in [0.25, 0.3) is 11.4 Å². The van der Waals surface area contributed by atoms with Crippen molar-refractivity contribution in [3.8, 4) is 23.1 Å². The number of hydrogen-bond acceptors (Lipinski definition) is 9. The second-order valence-electron chi connectivity index (χ2n) is 8.24. The van der Waals surface area contributed by atoms with E-state index >= 15 is 0 Å². The fraction of sp³-hybridized carbons (Fsp3) is 0.524. The van der Waals surface area contributed by atoms with E-state index in [0.717, 1.165) is 6.42 Å². The first-order chi connectivity index (χ1) is 15.3. The molecule has 3 heterocycles. The van der Waals surface area contributed by atoms with E-state index in [1.165, 1.54) is 0 Å². The van der Waals surface area contributed by atoms with Crippen molar-refractivity contribution >= 4 is 5.97 Å². The van der Waals surface area contributed by atoms with Gasteiger partial charge >= 0.3 is 12.0 Å². The van der Waals surface area contributed by atoms with Crippen molar-refractivity contribution in [2.24, 2.45) is 18.9 Å². The molecule has 11 heteroatoms. The maximum absolute atomic E-state index is 11.2. The molecule has 3 aromatic rings. The number of carboxylic acids is 1. The van der Waals surface area contributed by atoms with Crippen LogP contribution in [-0.4, -0.2) is 47.8 Å². The fourth-order valence-corrected chi connectivity index (χ4v) is 3.51. The first-order valence-electron chi connectivity index (χ1n) is 10.5. The van der Waals surface area contributed by atoms with Gasteiger partial charge in [-0.3, -0.25) is 4.79 Å². The molecule has 0 bridgehead atoms. The molecule has 1 saturated carbocycles. The molecule has 0 aliphatic heterocycles. The number of carbonyl (C=O) groups is 1. The average Bonchev–Trinajstić information content (AvgIpc) is 3.33. The Hall–Kier alpha value is -3.50. The maximum Gasteiger partial charge on any atom is 0.354 e. The lowest BCUT2D eigenvalue weighted by Gasteiger charge is -2.33. The molecule has 0 spiro atoms. The summed E-state index contributed by atoms with van der Waals surface area (Å²) in [5.74, 6) is 0.208. The SMILES string of the molecule is Cc1nc(-c2nnn(C)c2COc2noc(C(C)C)n2)ccc1OCC1CC[C@H]1C(=O)O. The number of nitrogens with zero attached hydrogens (tertiary/aromatic N) is 6. The largest absolute Gasteiger partial charge is 0.491 e. The molecule has 1 aliphatic carbocycles. The van der Waals surface area contributed by atoms with Gasteiger partial charge in [-0.15, -0.1) is 5.10 Å². The molecule has 2 atom stereocenters. The van der Waals surface area contributed by atoms with Crippen molar-refractivity contribution in [3.63, 3.8) is 0 Å². The van der Waals surface area contributed by atoms with E-state index in [0.29, 0.717) is 47.4 Å². The van der Waals surface area contributed by atoms with Crippen molar-refractivity contribution in [2.45, 2.75) is 46.1 Å². The summed E-state index contributed by atoms with van der Waals surface area (Å²) in [7, 11) is 1.77.